The molecule has 0 saturated heterocycles. The van der Waals surface area contributed by atoms with Crippen LogP contribution in [-0.2, 0) is 14.3 Å². The minimum absolute atomic E-state index is 0.0658. The lowest BCUT2D eigenvalue weighted by molar-refractivity contribution is -0.159. The van der Waals surface area contributed by atoms with E-state index in [1.807, 2.05) is 13.0 Å². The second kappa shape index (κ2) is 9.73. The van der Waals surface area contributed by atoms with E-state index in [0.717, 1.165) is 18.4 Å². The summed E-state index contributed by atoms with van der Waals surface area (Å²) in [6.07, 6.45) is 0.513. The van der Waals surface area contributed by atoms with E-state index < -0.39 is 35.7 Å². The molecule has 2 amide bonds. The van der Waals surface area contributed by atoms with Gasteiger partial charge in [-0.3, -0.25) is 9.59 Å². The van der Waals surface area contributed by atoms with Crippen LogP contribution in [0.4, 0.5) is 4.39 Å². The number of aryl methyl sites for hydroxylation is 1. The maximum Gasteiger partial charge on any atom is 0.330 e. The van der Waals surface area contributed by atoms with Crippen molar-refractivity contribution < 1.29 is 23.5 Å². The van der Waals surface area contributed by atoms with Crippen LogP contribution in [0, 0.1) is 18.7 Å². The molecule has 2 aromatic rings. The fraction of sp³-hybridized carbons (Fsp3) is 0.375. The van der Waals surface area contributed by atoms with Crippen molar-refractivity contribution in [2.45, 2.75) is 51.8 Å². The van der Waals surface area contributed by atoms with E-state index in [2.05, 4.69) is 10.6 Å². The van der Waals surface area contributed by atoms with Crippen LogP contribution in [0.15, 0.2) is 48.5 Å². The molecule has 1 aliphatic carbocycles. The number of nitrogens with one attached hydrogen (secondary N) is 2. The normalized spacial score (nSPS) is 15.1. The van der Waals surface area contributed by atoms with E-state index >= 15 is 0 Å². The molecule has 7 heteroatoms. The number of benzene rings is 2. The number of hydrogen-bond donors (Lipinski definition) is 2. The van der Waals surface area contributed by atoms with E-state index in [0.29, 0.717) is 11.1 Å². The molecule has 0 aromatic heterocycles. The summed E-state index contributed by atoms with van der Waals surface area (Å²) in [7, 11) is 0. The summed E-state index contributed by atoms with van der Waals surface area (Å²) in [4.78, 5) is 38.4. The fourth-order valence-corrected chi connectivity index (χ4v) is 3.11. The van der Waals surface area contributed by atoms with Crippen molar-refractivity contribution >= 4 is 17.8 Å². The van der Waals surface area contributed by atoms with Gasteiger partial charge in [0.15, 0.2) is 0 Å². The number of halogens is 1. The maximum absolute atomic E-state index is 13.3. The number of amides is 2. The molecule has 1 aliphatic rings. The van der Waals surface area contributed by atoms with Crippen LogP contribution in [0.2, 0.25) is 0 Å². The summed E-state index contributed by atoms with van der Waals surface area (Å²) in [5.74, 6) is -2.32. The predicted octanol–water partition coefficient (Wildman–Crippen LogP) is 3.45. The van der Waals surface area contributed by atoms with Gasteiger partial charge in [0, 0.05) is 17.2 Å². The first-order valence-corrected chi connectivity index (χ1v) is 10.4. The molecule has 0 aliphatic heterocycles. The van der Waals surface area contributed by atoms with Gasteiger partial charge in [-0.2, -0.15) is 0 Å². The third-order valence-electron chi connectivity index (χ3n) is 5.06. The molecule has 2 N–H and O–H groups in total. The lowest BCUT2D eigenvalue weighted by Gasteiger charge is -2.24. The highest BCUT2D eigenvalue weighted by Crippen LogP contribution is 2.24. The monoisotopic (exact) mass is 426 g/mol. The lowest BCUT2D eigenvalue weighted by atomic mass is 10.0. The van der Waals surface area contributed by atoms with Crippen molar-refractivity contribution in [3.63, 3.8) is 0 Å². The average molecular weight is 426 g/mol. The molecule has 0 radical (unpaired) electrons. The minimum Gasteiger partial charge on any atom is -0.446 e. The van der Waals surface area contributed by atoms with Gasteiger partial charge in [0.25, 0.3) is 11.8 Å². The standard InChI is InChI=1S/C24H27FN2O4/c1-14(2)20(27-22(28)17-6-4-5-15(3)13-17)24(30)31-21(23(29)26-19-11-12-19)16-7-9-18(25)10-8-16/h4-10,13-14,19-21H,11-12H2,1-3H3,(H,26,29)(H,27,28)/t20-,21?/m0/s1. The second-order valence-electron chi connectivity index (χ2n) is 8.22. The Balaban J connectivity index is 1.77. The zero-order valence-electron chi connectivity index (χ0n) is 17.9. The van der Waals surface area contributed by atoms with E-state index in [1.165, 1.54) is 24.3 Å². The molecule has 0 spiro atoms. The van der Waals surface area contributed by atoms with Crippen LogP contribution in [0.5, 0.6) is 0 Å². The zero-order chi connectivity index (χ0) is 22.5. The van der Waals surface area contributed by atoms with Crippen molar-refractivity contribution in [2.24, 2.45) is 5.92 Å². The quantitative estimate of drug-likeness (QED) is 0.634. The molecule has 1 fully saturated rings. The zero-order valence-corrected chi connectivity index (χ0v) is 17.9. The molecule has 2 atom stereocenters. The molecule has 2 aromatic carbocycles. The molecule has 1 saturated carbocycles. The van der Waals surface area contributed by atoms with Crippen LogP contribution in [0.1, 0.15) is 54.3 Å². The van der Waals surface area contributed by atoms with E-state index in [4.69, 9.17) is 4.74 Å². The molecule has 164 valence electrons. The maximum atomic E-state index is 13.3. The molecule has 0 heterocycles. The van der Waals surface area contributed by atoms with E-state index in [-0.39, 0.29) is 12.0 Å². The van der Waals surface area contributed by atoms with Crippen molar-refractivity contribution in [3.8, 4) is 0 Å². The van der Waals surface area contributed by atoms with Crippen LogP contribution < -0.4 is 10.6 Å². The van der Waals surface area contributed by atoms with Gasteiger partial charge in [-0.15, -0.1) is 0 Å². The van der Waals surface area contributed by atoms with Gasteiger partial charge in [0.2, 0.25) is 6.10 Å². The summed E-state index contributed by atoms with van der Waals surface area (Å²) in [6.45, 7) is 5.43. The van der Waals surface area contributed by atoms with Crippen molar-refractivity contribution in [3.05, 3.63) is 71.0 Å². The van der Waals surface area contributed by atoms with E-state index in [9.17, 15) is 18.8 Å². The molecular formula is C24H27FN2O4. The lowest BCUT2D eigenvalue weighted by Crippen LogP contribution is -2.46. The predicted molar refractivity (Wildman–Crippen MR) is 114 cm³/mol. The fourth-order valence-electron chi connectivity index (χ4n) is 3.11. The Morgan fingerprint density at radius 2 is 1.74 bits per heavy atom. The second-order valence-corrected chi connectivity index (χ2v) is 8.22. The van der Waals surface area contributed by atoms with Crippen LogP contribution >= 0.6 is 0 Å². The summed E-state index contributed by atoms with van der Waals surface area (Å²) < 4.78 is 18.9. The summed E-state index contributed by atoms with van der Waals surface area (Å²) >= 11 is 0. The highest BCUT2D eigenvalue weighted by molar-refractivity contribution is 5.97. The van der Waals surface area contributed by atoms with Crippen LogP contribution in [-0.4, -0.2) is 29.9 Å². The number of esters is 1. The van der Waals surface area contributed by atoms with Gasteiger partial charge in [-0.05, 0) is 49.9 Å². The van der Waals surface area contributed by atoms with Crippen LogP contribution in [0.3, 0.4) is 0 Å². The van der Waals surface area contributed by atoms with Crippen molar-refractivity contribution in [2.75, 3.05) is 0 Å². The number of carbonyl (C=O) groups excluding carboxylic acids is 3. The Morgan fingerprint density at radius 3 is 2.32 bits per heavy atom. The third-order valence-corrected chi connectivity index (χ3v) is 5.06. The number of carbonyl (C=O) groups is 3. The molecular weight excluding hydrogens is 399 g/mol. The molecule has 6 nitrogen and oxygen atoms in total. The number of rotatable bonds is 8. The molecule has 31 heavy (non-hydrogen) atoms. The third kappa shape index (κ3) is 6.13. The summed E-state index contributed by atoms with van der Waals surface area (Å²) in [5, 5.41) is 5.53. The highest BCUT2D eigenvalue weighted by atomic mass is 19.1. The Kier molecular flexibility index (Phi) is 7.05. The van der Waals surface area contributed by atoms with E-state index in [1.54, 1.807) is 32.0 Å². The first-order chi connectivity index (χ1) is 14.7. The highest BCUT2D eigenvalue weighted by Gasteiger charge is 2.34. The molecule has 0 bridgehead atoms. The smallest absolute Gasteiger partial charge is 0.330 e. The molecule has 3 rings (SSSR count). The van der Waals surface area contributed by atoms with Gasteiger partial charge in [-0.25, -0.2) is 9.18 Å². The largest absolute Gasteiger partial charge is 0.446 e. The van der Waals surface area contributed by atoms with Crippen molar-refractivity contribution in [1.82, 2.24) is 10.6 Å². The van der Waals surface area contributed by atoms with Gasteiger partial charge in [-0.1, -0.05) is 43.7 Å². The average Bonchev–Trinajstić information content (AvgIpc) is 3.54. The summed E-state index contributed by atoms with van der Waals surface area (Å²) in [6, 6.07) is 11.4. The Bertz CT molecular complexity index is 954. The summed E-state index contributed by atoms with van der Waals surface area (Å²) in [5.41, 5.74) is 1.71. The van der Waals surface area contributed by atoms with Crippen LogP contribution in [0.25, 0.3) is 0 Å². The SMILES string of the molecule is Cc1cccc(C(=O)N[C@H](C(=O)OC(C(=O)NC2CC2)c2ccc(F)cc2)C(C)C)c1. The van der Waals surface area contributed by atoms with Crippen molar-refractivity contribution in [1.29, 1.82) is 0 Å². The van der Waals surface area contributed by atoms with Gasteiger partial charge < -0.3 is 15.4 Å². The topological polar surface area (TPSA) is 84.5 Å². The first-order valence-electron chi connectivity index (χ1n) is 10.4. The van der Waals surface area contributed by atoms with Gasteiger partial charge in [0.05, 0.1) is 0 Å². The first kappa shape index (κ1) is 22.5. The Morgan fingerprint density at radius 1 is 1.06 bits per heavy atom. The number of ether oxygens (including phenoxy) is 1. The van der Waals surface area contributed by atoms with Gasteiger partial charge in [0.1, 0.15) is 11.9 Å². The Hall–Kier alpha value is -3.22. The van der Waals surface area contributed by atoms with Gasteiger partial charge >= 0.3 is 5.97 Å². The molecule has 1 unspecified atom stereocenters. The number of hydrogen-bond acceptors (Lipinski definition) is 4. The Labute approximate surface area is 181 Å². The minimum atomic E-state index is -1.23.